The number of anilines is 1. The van der Waals surface area contributed by atoms with Gasteiger partial charge in [-0.15, -0.1) is 0 Å². The number of hydrogen-bond donors (Lipinski definition) is 1. The molecule has 2 unspecified atom stereocenters. The molecule has 1 aliphatic heterocycles. The van der Waals surface area contributed by atoms with Crippen molar-refractivity contribution in [2.45, 2.75) is 38.7 Å². The van der Waals surface area contributed by atoms with Gasteiger partial charge in [0, 0.05) is 37.9 Å². The fraction of sp³-hybridized carbons (Fsp3) is 0.333. The van der Waals surface area contributed by atoms with Crippen molar-refractivity contribution in [2.24, 2.45) is 0 Å². The van der Waals surface area contributed by atoms with Crippen LogP contribution in [0.4, 0.5) is 23.2 Å². The van der Waals surface area contributed by atoms with E-state index >= 15 is 4.39 Å². The average Bonchev–Trinajstić information content (AvgIpc) is 2.74. The van der Waals surface area contributed by atoms with E-state index in [4.69, 9.17) is 0 Å². The van der Waals surface area contributed by atoms with E-state index in [2.05, 4.69) is 5.32 Å². The number of piperazine rings is 1. The van der Waals surface area contributed by atoms with Gasteiger partial charge in [0.05, 0.1) is 22.2 Å². The second-order valence-corrected chi connectivity index (χ2v) is 8.50. The van der Waals surface area contributed by atoms with Gasteiger partial charge >= 0.3 is 6.18 Å². The molecule has 0 amide bonds. The lowest BCUT2D eigenvalue weighted by atomic mass is 10.1. The van der Waals surface area contributed by atoms with Crippen molar-refractivity contribution in [2.75, 3.05) is 18.0 Å². The van der Waals surface area contributed by atoms with E-state index in [0.717, 1.165) is 18.2 Å². The van der Waals surface area contributed by atoms with Crippen LogP contribution in [0.1, 0.15) is 30.5 Å². The molecule has 0 spiro atoms. The molecule has 3 aromatic rings. The lowest BCUT2D eigenvalue weighted by Gasteiger charge is -2.38. The highest BCUT2D eigenvalue weighted by Crippen LogP contribution is 2.30. The first kappa shape index (κ1) is 22.8. The number of aromatic nitrogens is 1. The molecule has 0 saturated carbocycles. The van der Waals surface area contributed by atoms with E-state index in [-0.39, 0.29) is 29.6 Å². The van der Waals surface area contributed by atoms with Crippen LogP contribution in [0.15, 0.2) is 47.4 Å². The molecule has 1 aliphatic rings. The molecule has 1 N–H and O–H groups in total. The first-order chi connectivity index (χ1) is 15.6. The first-order valence-electron chi connectivity index (χ1n) is 10.5. The minimum atomic E-state index is -4.44. The summed E-state index contributed by atoms with van der Waals surface area (Å²) in [4.78, 5) is 14.6. The van der Waals surface area contributed by atoms with Gasteiger partial charge in [-0.3, -0.25) is 4.79 Å². The van der Waals surface area contributed by atoms with Crippen molar-refractivity contribution in [3.63, 3.8) is 0 Å². The first-order valence-corrected chi connectivity index (χ1v) is 10.5. The zero-order valence-corrected chi connectivity index (χ0v) is 18.1. The summed E-state index contributed by atoms with van der Waals surface area (Å²) in [6.45, 7) is 5.27. The Bertz CT molecular complexity index is 1280. The monoisotopic (exact) mass is 458 g/mol. The Morgan fingerprint density at radius 3 is 2.33 bits per heavy atom. The average molecular weight is 458 g/mol. The highest BCUT2D eigenvalue weighted by Gasteiger charge is 2.30. The fourth-order valence-electron chi connectivity index (χ4n) is 4.37. The second-order valence-electron chi connectivity index (χ2n) is 8.50. The van der Waals surface area contributed by atoms with Gasteiger partial charge in [0.2, 0.25) is 5.43 Å². The third-order valence-electron chi connectivity index (χ3n) is 5.80. The topological polar surface area (TPSA) is 61.1 Å². The number of halogens is 4. The molecule has 5 nitrogen and oxygen atoms in total. The van der Waals surface area contributed by atoms with Crippen molar-refractivity contribution in [3.8, 4) is 6.07 Å². The number of benzene rings is 2. The summed E-state index contributed by atoms with van der Waals surface area (Å²) in [6.07, 6.45) is -3.08. The number of nitrogens with one attached hydrogen (secondary N) is 1. The van der Waals surface area contributed by atoms with Gasteiger partial charge in [-0.2, -0.15) is 18.4 Å². The lowest BCUT2D eigenvalue weighted by Crippen LogP contribution is -2.54. The predicted octanol–water partition coefficient (Wildman–Crippen LogP) is 4.27. The Kier molecular flexibility index (Phi) is 5.89. The van der Waals surface area contributed by atoms with E-state index in [0.29, 0.717) is 29.9 Å². The van der Waals surface area contributed by atoms with Crippen molar-refractivity contribution in [1.82, 2.24) is 9.88 Å². The number of fused-ring (bicyclic) bond motifs is 1. The van der Waals surface area contributed by atoms with E-state index in [1.807, 2.05) is 24.8 Å². The molecule has 1 fully saturated rings. The number of alkyl halides is 3. The zero-order chi connectivity index (χ0) is 23.9. The minimum Gasteiger partial charge on any atom is -0.366 e. The lowest BCUT2D eigenvalue weighted by molar-refractivity contribution is -0.137. The molecule has 2 atom stereocenters. The van der Waals surface area contributed by atoms with Gasteiger partial charge in [0.25, 0.3) is 0 Å². The predicted molar refractivity (Wildman–Crippen MR) is 118 cm³/mol. The Labute approximate surface area is 187 Å². The highest BCUT2D eigenvalue weighted by molar-refractivity contribution is 5.84. The third-order valence-corrected chi connectivity index (χ3v) is 5.80. The normalized spacial score (nSPS) is 19.0. The maximum Gasteiger partial charge on any atom is 0.416 e. The van der Waals surface area contributed by atoms with Crippen LogP contribution in [0.25, 0.3) is 10.9 Å². The van der Waals surface area contributed by atoms with Gasteiger partial charge in [-0.1, -0.05) is 12.1 Å². The molecule has 2 heterocycles. The molecule has 4 rings (SSSR count). The van der Waals surface area contributed by atoms with E-state index in [1.165, 1.54) is 18.3 Å². The van der Waals surface area contributed by atoms with Gasteiger partial charge in [0.1, 0.15) is 17.4 Å². The van der Waals surface area contributed by atoms with Crippen molar-refractivity contribution in [1.29, 1.82) is 5.26 Å². The summed E-state index contributed by atoms with van der Waals surface area (Å²) in [6, 6.07) is 9.51. The standard InChI is InChI=1S/C24H22F4N4O/c1-14-10-31(11-15(2)30-14)22-8-21-19(7-20(22)25)23(33)17(9-29)13-32(21)12-16-3-5-18(6-4-16)24(26,27)28/h3-8,13-15,30H,10-12H2,1-2H3. The molecule has 0 radical (unpaired) electrons. The SMILES string of the molecule is CC1CN(c2cc3c(cc2F)c(=O)c(C#N)cn3Cc2ccc(C(F)(F)F)cc2)CC(C)N1. The number of rotatable bonds is 3. The molecule has 0 aliphatic carbocycles. The minimum absolute atomic E-state index is 0.0541. The van der Waals surface area contributed by atoms with Crippen molar-refractivity contribution in [3.05, 3.63) is 75.3 Å². The third kappa shape index (κ3) is 4.57. The molecule has 1 saturated heterocycles. The summed E-state index contributed by atoms with van der Waals surface area (Å²) in [5.74, 6) is -0.558. The largest absolute Gasteiger partial charge is 0.416 e. The molecule has 1 aromatic heterocycles. The maximum absolute atomic E-state index is 15.1. The van der Waals surface area contributed by atoms with Crippen LogP contribution in [0.5, 0.6) is 0 Å². The summed E-state index contributed by atoms with van der Waals surface area (Å²) in [5.41, 5.74) is -0.205. The fourth-order valence-corrected chi connectivity index (χ4v) is 4.37. The Balaban J connectivity index is 1.82. The van der Waals surface area contributed by atoms with Crippen LogP contribution in [-0.4, -0.2) is 29.7 Å². The maximum atomic E-state index is 15.1. The molecule has 0 bridgehead atoms. The van der Waals surface area contributed by atoms with E-state index < -0.39 is 23.0 Å². The molecular formula is C24H22F4N4O. The highest BCUT2D eigenvalue weighted by atomic mass is 19.4. The van der Waals surface area contributed by atoms with Gasteiger partial charge in [-0.25, -0.2) is 4.39 Å². The Hall–Kier alpha value is -3.38. The van der Waals surface area contributed by atoms with Gasteiger partial charge < -0.3 is 14.8 Å². The smallest absolute Gasteiger partial charge is 0.366 e. The number of nitrogens with zero attached hydrogens (tertiary/aromatic N) is 3. The summed E-state index contributed by atoms with van der Waals surface area (Å²) in [5, 5.41) is 12.8. The van der Waals surface area contributed by atoms with E-state index in [1.54, 1.807) is 10.6 Å². The van der Waals surface area contributed by atoms with E-state index in [9.17, 15) is 23.2 Å². The number of pyridine rings is 1. The van der Waals surface area contributed by atoms with Gasteiger partial charge in [0.15, 0.2) is 0 Å². The molecule has 2 aromatic carbocycles. The Morgan fingerprint density at radius 2 is 1.76 bits per heavy atom. The van der Waals surface area contributed by atoms with Crippen LogP contribution in [0.2, 0.25) is 0 Å². The van der Waals surface area contributed by atoms with Crippen LogP contribution >= 0.6 is 0 Å². The summed E-state index contributed by atoms with van der Waals surface area (Å²) in [7, 11) is 0. The molecule has 33 heavy (non-hydrogen) atoms. The van der Waals surface area contributed by atoms with Gasteiger partial charge in [-0.05, 0) is 43.7 Å². The number of hydrogen-bond acceptors (Lipinski definition) is 4. The van der Waals surface area contributed by atoms with Crippen LogP contribution < -0.4 is 15.6 Å². The van der Waals surface area contributed by atoms with Crippen LogP contribution in [0, 0.1) is 17.1 Å². The number of nitriles is 1. The van der Waals surface area contributed by atoms with Crippen LogP contribution in [0.3, 0.4) is 0 Å². The molecule has 172 valence electrons. The molecule has 9 heteroatoms. The zero-order valence-electron chi connectivity index (χ0n) is 18.1. The summed E-state index contributed by atoms with van der Waals surface area (Å²) >= 11 is 0. The van der Waals surface area contributed by atoms with Crippen LogP contribution in [-0.2, 0) is 12.7 Å². The summed E-state index contributed by atoms with van der Waals surface area (Å²) < 4.78 is 55.4. The molecular weight excluding hydrogens is 436 g/mol. The van der Waals surface area contributed by atoms with Crippen molar-refractivity contribution >= 4 is 16.6 Å². The second kappa shape index (κ2) is 8.52. The Morgan fingerprint density at radius 1 is 1.12 bits per heavy atom. The van der Waals surface area contributed by atoms with Crippen molar-refractivity contribution < 1.29 is 17.6 Å². The quantitative estimate of drug-likeness (QED) is 0.596.